The van der Waals surface area contributed by atoms with Gasteiger partial charge in [0.1, 0.15) is 5.85 Å². The van der Waals surface area contributed by atoms with Crippen LogP contribution in [-0.4, -0.2) is 19.9 Å². The minimum Gasteiger partial charge on any atom is -0.379 e. The average Bonchev–Trinajstić information content (AvgIpc) is 2.05. The van der Waals surface area contributed by atoms with Crippen molar-refractivity contribution in [3.05, 3.63) is 30.1 Å². The van der Waals surface area contributed by atoms with Gasteiger partial charge < -0.3 is 14.9 Å². The predicted octanol–water partition coefficient (Wildman–Crippen LogP) is 0.369. The van der Waals surface area contributed by atoms with Crippen molar-refractivity contribution in [2.45, 2.75) is 5.85 Å². The quantitative estimate of drug-likeness (QED) is 0.565. The minimum atomic E-state index is -2.31. The van der Waals surface area contributed by atoms with Crippen molar-refractivity contribution >= 4 is 8.38 Å². The number of aliphatic hydroxyl groups is 1. The molecule has 0 radical (unpaired) electrons. The van der Waals surface area contributed by atoms with Crippen LogP contribution in [0.15, 0.2) is 24.5 Å². The zero-order valence-electron chi connectivity index (χ0n) is 5.62. The topological polar surface area (TPSA) is 73.6 Å². The summed E-state index contributed by atoms with van der Waals surface area (Å²) in [5.41, 5.74) is 0.469. The van der Waals surface area contributed by atoms with Gasteiger partial charge in [-0.25, -0.2) is 0 Å². The third kappa shape index (κ3) is 2.20. The summed E-state index contributed by atoms with van der Waals surface area (Å²) in [7, 11) is -2.31. The Hall–Kier alpha value is -0.540. The van der Waals surface area contributed by atoms with Crippen LogP contribution in [0.5, 0.6) is 0 Å². The van der Waals surface area contributed by atoms with Gasteiger partial charge in [0, 0.05) is 12.4 Å². The highest BCUT2D eigenvalue weighted by Crippen LogP contribution is 2.40. The third-order valence-corrected chi connectivity index (χ3v) is 1.96. The van der Waals surface area contributed by atoms with Gasteiger partial charge in [-0.2, -0.15) is 0 Å². The van der Waals surface area contributed by atoms with Crippen molar-refractivity contribution in [3.8, 4) is 0 Å². The summed E-state index contributed by atoms with van der Waals surface area (Å²) in [5.74, 6) is -1.19. The SMILES string of the molecule is OC(c1ccncc1)P(O)O. The third-order valence-electron chi connectivity index (χ3n) is 1.22. The summed E-state index contributed by atoms with van der Waals surface area (Å²) in [4.78, 5) is 21.0. The number of nitrogens with zero attached hydrogens (tertiary/aromatic N) is 1. The fourth-order valence-electron chi connectivity index (χ4n) is 0.669. The van der Waals surface area contributed by atoms with E-state index in [1.807, 2.05) is 0 Å². The van der Waals surface area contributed by atoms with Gasteiger partial charge in [-0.3, -0.25) is 4.98 Å². The van der Waals surface area contributed by atoms with Crippen LogP contribution in [0, 0.1) is 0 Å². The number of aromatic nitrogens is 1. The summed E-state index contributed by atoms with van der Waals surface area (Å²) < 4.78 is 0. The van der Waals surface area contributed by atoms with E-state index in [0.717, 1.165) is 0 Å². The van der Waals surface area contributed by atoms with Crippen LogP contribution in [0.4, 0.5) is 0 Å². The van der Waals surface area contributed by atoms with Crippen LogP contribution >= 0.6 is 8.38 Å². The van der Waals surface area contributed by atoms with E-state index in [9.17, 15) is 0 Å². The highest BCUT2D eigenvalue weighted by Gasteiger charge is 2.15. The fraction of sp³-hybridized carbons (Fsp3) is 0.167. The molecule has 0 aromatic carbocycles. The molecule has 0 bridgehead atoms. The van der Waals surface area contributed by atoms with Crippen LogP contribution in [0.1, 0.15) is 11.4 Å². The first-order chi connectivity index (χ1) is 5.22. The lowest BCUT2D eigenvalue weighted by Gasteiger charge is -2.10. The first-order valence-corrected chi connectivity index (χ1v) is 4.28. The lowest BCUT2D eigenvalue weighted by Crippen LogP contribution is -1.94. The Balaban J connectivity index is 2.77. The Morgan fingerprint density at radius 2 is 1.82 bits per heavy atom. The van der Waals surface area contributed by atoms with E-state index in [-0.39, 0.29) is 0 Å². The molecular weight excluding hydrogens is 165 g/mol. The molecule has 3 N–H and O–H groups in total. The van der Waals surface area contributed by atoms with Gasteiger partial charge in [-0.1, -0.05) is 0 Å². The maximum Gasteiger partial charge on any atom is 0.200 e. The lowest BCUT2D eigenvalue weighted by atomic mass is 10.3. The molecule has 0 aliphatic rings. The van der Waals surface area contributed by atoms with Gasteiger partial charge in [0.25, 0.3) is 0 Å². The normalized spacial score (nSPS) is 13.5. The van der Waals surface area contributed by atoms with Crippen molar-refractivity contribution in [3.63, 3.8) is 0 Å². The molecule has 11 heavy (non-hydrogen) atoms. The van der Waals surface area contributed by atoms with E-state index < -0.39 is 14.2 Å². The second-order valence-corrected chi connectivity index (χ2v) is 3.10. The van der Waals surface area contributed by atoms with E-state index in [1.165, 1.54) is 24.5 Å². The van der Waals surface area contributed by atoms with Crippen molar-refractivity contribution in [2.24, 2.45) is 0 Å². The lowest BCUT2D eigenvalue weighted by molar-refractivity contribution is 0.233. The van der Waals surface area contributed by atoms with Crippen LogP contribution in [0.3, 0.4) is 0 Å². The van der Waals surface area contributed by atoms with E-state index in [2.05, 4.69) is 4.98 Å². The number of hydrogen-bond donors (Lipinski definition) is 3. The number of aliphatic hydroxyl groups excluding tert-OH is 1. The highest BCUT2D eigenvalue weighted by atomic mass is 31.2. The number of hydrogen-bond acceptors (Lipinski definition) is 4. The van der Waals surface area contributed by atoms with Crippen LogP contribution < -0.4 is 0 Å². The molecule has 60 valence electrons. The fourth-order valence-corrected chi connectivity index (χ4v) is 1.11. The van der Waals surface area contributed by atoms with E-state index in [4.69, 9.17) is 14.9 Å². The largest absolute Gasteiger partial charge is 0.379 e. The molecular formula is C6H8NO3P. The molecule has 4 nitrogen and oxygen atoms in total. The minimum absolute atomic E-state index is 0.469. The van der Waals surface area contributed by atoms with Crippen LogP contribution in [0.25, 0.3) is 0 Å². The number of pyridine rings is 1. The van der Waals surface area contributed by atoms with Gasteiger partial charge in [0.2, 0.25) is 8.38 Å². The van der Waals surface area contributed by atoms with E-state index in [0.29, 0.717) is 5.56 Å². The Kier molecular flexibility index (Phi) is 2.91. The highest BCUT2D eigenvalue weighted by molar-refractivity contribution is 7.45. The van der Waals surface area contributed by atoms with Gasteiger partial charge in [0.15, 0.2) is 0 Å². The standard InChI is InChI=1S/C6H8NO3P/c8-6(11(9)10)5-1-3-7-4-2-5/h1-4,6,8-10H. The Morgan fingerprint density at radius 3 is 2.27 bits per heavy atom. The van der Waals surface area contributed by atoms with Crippen LogP contribution in [0.2, 0.25) is 0 Å². The zero-order valence-corrected chi connectivity index (χ0v) is 6.52. The van der Waals surface area contributed by atoms with Gasteiger partial charge in [0.05, 0.1) is 0 Å². The molecule has 1 unspecified atom stereocenters. The molecule has 0 spiro atoms. The van der Waals surface area contributed by atoms with Crippen molar-refractivity contribution in [1.29, 1.82) is 0 Å². The first kappa shape index (κ1) is 8.56. The van der Waals surface area contributed by atoms with Crippen molar-refractivity contribution < 1.29 is 14.9 Å². The summed E-state index contributed by atoms with van der Waals surface area (Å²) in [6, 6.07) is 3.07. The Morgan fingerprint density at radius 1 is 1.27 bits per heavy atom. The molecule has 0 aliphatic carbocycles. The molecule has 0 saturated heterocycles. The predicted molar refractivity (Wildman–Crippen MR) is 40.6 cm³/mol. The molecule has 1 aromatic heterocycles. The second kappa shape index (κ2) is 3.74. The second-order valence-electron chi connectivity index (χ2n) is 1.97. The van der Waals surface area contributed by atoms with Gasteiger partial charge >= 0.3 is 0 Å². The van der Waals surface area contributed by atoms with E-state index in [1.54, 1.807) is 0 Å². The molecule has 1 rings (SSSR count). The molecule has 1 atom stereocenters. The van der Waals surface area contributed by atoms with Crippen molar-refractivity contribution in [2.75, 3.05) is 0 Å². The van der Waals surface area contributed by atoms with Crippen molar-refractivity contribution in [1.82, 2.24) is 4.98 Å². The maximum atomic E-state index is 9.10. The summed E-state index contributed by atoms with van der Waals surface area (Å²) in [6.07, 6.45) is 2.97. The average molecular weight is 173 g/mol. The summed E-state index contributed by atoms with van der Waals surface area (Å²) >= 11 is 0. The Labute approximate surface area is 65.1 Å². The molecule has 1 heterocycles. The molecule has 0 amide bonds. The van der Waals surface area contributed by atoms with Gasteiger partial charge in [-0.15, -0.1) is 0 Å². The molecule has 0 aliphatic heterocycles. The van der Waals surface area contributed by atoms with E-state index >= 15 is 0 Å². The monoisotopic (exact) mass is 173 g/mol. The Bertz CT molecular complexity index is 216. The molecule has 0 saturated carbocycles. The summed E-state index contributed by atoms with van der Waals surface area (Å²) in [6.45, 7) is 0. The summed E-state index contributed by atoms with van der Waals surface area (Å²) in [5, 5.41) is 9.10. The molecule has 5 heteroatoms. The smallest absolute Gasteiger partial charge is 0.200 e. The molecule has 0 fully saturated rings. The maximum absolute atomic E-state index is 9.10. The number of rotatable bonds is 2. The molecule has 1 aromatic rings. The van der Waals surface area contributed by atoms with Gasteiger partial charge in [-0.05, 0) is 17.7 Å². The first-order valence-electron chi connectivity index (χ1n) is 2.97. The zero-order chi connectivity index (χ0) is 8.27. The van der Waals surface area contributed by atoms with Crippen LogP contribution in [-0.2, 0) is 0 Å².